The molecule has 9 atom stereocenters. The van der Waals surface area contributed by atoms with Gasteiger partial charge in [-0.2, -0.15) is 0 Å². The van der Waals surface area contributed by atoms with Gasteiger partial charge >= 0.3 is 0 Å². The van der Waals surface area contributed by atoms with Crippen molar-refractivity contribution < 1.29 is 0 Å². The molecule has 32 heavy (non-hydrogen) atoms. The van der Waals surface area contributed by atoms with E-state index in [-0.39, 0.29) is 0 Å². The Hall–Kier alpha value is 0. The highest BCUT2D eigenvalue weighted by molar-refractivity contribution is 5.15. The summed E-state index contributed by atoms with van der Waals surface area (Å²) in [5, 5.41) is 0. The van der Waals surface area contributed by atoms with Crippen LogP contribution in [0.2, 0.25) is 0 Å². The van der Waals surface area contributed by atoms with E-state index in [9.17, 15) is 0 Å². The first-order valence-electron chi connectivity index (χ1n) is 14.9. The van der Waals surface area contributed by atoms with Crippen molar-refractivity contribution in [1.29, 1.82) is 0 Å². The van der Waals surface area contributed by atoms with Crippen LogP contribution in [0.1, 0.15) is 139 Å². The minimum absolute atomic E-state index is 0.568. The van der Waals surface area contributed by atoms with Crippen LogP contribution in [0.25, 0.3) is 0 Å². The van der Waals surface area contributed by atoms with Crippen molar-refractivity contribution in [3.63, 3.8) is 0 Å². The van der Waals surface area contributed by atoms with Crippen molar-refractivity contribution in [2.45, 2.75) is 139 Å². The Balaban J connectivity index is 1.53. The summed E-state index contributed by atoms with van der Waals surface area (Å²) in [4.78, 5) is 0. The third-order valence-electron chi connectivity index (χ3n) is 13.4. The van der Waals surface area contributed by atoms with Gasteiger partial charge in [-0.05, 0) is 121 Å². The van der Waals surface area contributed by atoms with E-state index in [1.807, 2.05) is 0 Å². The molecule has 4 aliphatic carbocycles. The van der Waals surface area contributed by atoms with Gasteiger partial charge in [-0.15, -0.1) is 0 Å². The van der Waals surface area contributed by atoms with Crippen LogP contribution < -0.4 is 0 Å². The highest BCUT2D eigenvalue weighted by Gasteiger charge is 2.66. The summed E-state index contributed by atoms with van der Waals surface area (Å²) in [5.41, 5.74) is 2.36. The summed E-state index contributed by atoms with van der Waals surface area (Å²) in [6.07, 6.45) is 17.9. The van der Waals surface area contributed by atoms with Crippen LogP contribution >= 0.6 is 0 Å². The second-order valence-electron chi connectivity index (χ2n) is 15.2. The van der Waals surface area contributed by atoms with Gasteiger partial charge in [0.05, 0.1) is 0 Å². The number of hydrogen-bond acceptors (Lipinski definition) is 0. The molecule has 0 amide bonds. The van der Waals surface area contributed by atoms with Gasteiger partial charge in [0.1, 0.15) is 0 Å². The zero-order valence-corrected chi connectivity index (χ0v) is 23.5. The third-order valence-corrected chi connectivity index (χ3v) is 13.4. The molecule has 4 fully saturated rings. The average molecular weight is 443 g/mol. The van der Waals surface area contributed by atoms with Crippen LogP contribution in [0.15, 0.2) is 0 Å². The molecular formula is C32H58. The topological polar surface area (TPSA) is 0 Å². The predicted molar refractivity (Wildman–Crippen MR) is 141 cm³/mol. The lowest BCUT2D eigenvalue weighted by molar-refractivity contribution is -0.179. The Kier molecular flexibility index (Phi) is 6.74. The molecule has 0 nitrogen and oxygen atoms in total. The van der Waals surface area contributed by atoms with Crippen molar-refractivity contribution in [3.05, 3.63) is 0 Å². The first-order chi connectivity index (χ1) is 14.9. The molecule has 0 N–H and O–H groups in total. The van der Waals surface area contributed by atoms with Gasteiger partial charge in [0, 0.05) is 0 Å². The van der Waals surface area contributed by atoms with Gasteiger partial charge in [-0.3, -0.25) is 0 Å². The van der Waals surface area contributed by atoms with E-state index < -0.39 is 0 Å². The maximum Gasteiger partial charge on any atom is -0.0238 e. The predicted octanol–water partition coefficient (Wildman–Crippen LogP) is 10.2. The van der Waals surface area contributed by atoms with Crippen molar-refractivity contribution in [3.8, 4) is 0 Å². The lowest BCUT2D eigenvalue weighted by Gasteiger charge is -2.67. The van der Waals surface area contributed by atoms with E-state index >= 15 is 0 Å². The fourth-order valence-electron chi connectivity index (χ4n) is 11.2. The van der Waals surface area contributed by atoms with Gasteiger partial charge in [0.15, 0.2) is 0 Å². The average Bonchev–Trinajstić information content (AvgIpc) is 2.99. The Labute approximate surface area is 202 Å². The molecule has 0 heterocycles. The summed E-state index contributed by atoms with van der Waals surface area (Å²) < 4.78 is 0. The lowest BCUT2D eigenvalue weighted by Crippen LogP contribution is -2.59. The Morgan fingerprint density at radius 2 is 1.41 bits per heavy atom. The van der Waals surface area contributed by atoms with Crippen molar-refractivity contribution in [2.75, 3.05) is 0 Å². The highest BCUT2D eigenvalue weighted by atomic mass is 14.7. The second-order valence-corrected chi connectivity index (χ2v) is 15.2. The zero-order valence-electron chi connectivity index (χ0n) is 23.5. The highest BCUT2D eigenvalue weighted by Crippen LogP contribution is 2.74. The largest absolute Gasteiger partial charge is 0.0651 e. The monoisotopic (exact) mass is 442 g/mol. The third kappa shape index (κ3) is 3.66. The van der Waals surface area contributed by atoms with Crippen LogP contribution in [-0.4, -0.2) is 0 Å². The fourth-order valence-corrected chi connectivity index (χ4v) is 11.2. The molecule has 0 aromatic heterocycles. The van der Waals surface area contributed by atoms with E-state index in [2.05, 4.69) is 62.3 Å². The minimum Gasteiger partial charge on any atom is -0.0651 e. The number of hydrogen-bond donors (Lipinski definition) is 0. The lowest BCUT2D eigenvalue weighted by atomic mass is 9.38. The molecule has 0 heteroatoms. The van der Waals surface area contributed by atoms with Crippen LogP contribution in [0.4, 0.5) is 0 Å². The number of fused-ring (bicyclic) bond motifs is 5. The second kappa shape index (κ2) is 8.59. The summed E-state index contributed by atoms with van der Waals surface area (Å²) in [5.74, 6) is 6.61. The molecule has 0 saturated heterocycles. The molecule has 4 rings (SSSR count). The maximum absolute atomic E-state index is 2.79. The van der Waals surface area contributed by atoms with Crippen LogP contribution in [0.3, 0.4) is 0 Å². The van der Waals surface area contributed by atoms with Gasteiger partial charge in [-0.1, -0.05) is 81.6 Å². The Morgan fingerprint density at radius 3 is 2.06 bits per heavy atom. The smallest absolute Gasteiger partial charge is 0.0238 e. The fraction of sp³-hybridized carbons (Fsp3) is 1.00. The molecule has 0 spiro atoms. The molecule has 186 valence electrons. The Morgan fingerprint density at radius 1 is 0.719 bits per heavy atom. The van der Waals surface area contributed by atoms with Crippen molar-refractivity contribution in [2.24, 2.45) is 63.1 Å². The van der Waals surface area contributed by atoms with Gasteiger partial charge in [0.25, 0.3) is 0 Å². The van der Waals surface area contributed by atoms with Crippen LogP contribution in [-0.2, 0) is 0 Å². The van der Waals surface area contributed by atoms with Crippen molar-refractivity contribution in [1.82, 2.24) is 0 Å². The van der Waals surface area contributed by atoms with Gasteiger partial charge in [-0.25, -0.2) is 0 Å². The van der Waals surface area contributed by atoms with Crippen LogP contribution in [0.5, 0.6) is 0 Å². The Bertz CT molecular complexity index is 659. The molecule has 0 radical (unpaired) electrons. The molecule has 0 aliphatic heterocycles. The quantitative estimate of drug-likeness (QED) is 0.384. The van der Waals surface area contributed by atoms with Gasteiger partial charge in [0.2, 0.25) is 0 Å². The molecule has 0 bridgehead atoms. The molecule has 4 aliphatic rings. The first kappa shape index (κ1) is 25.1. The van der Waals surface area contributed by atoms with Gasteiger partial charge < -0.3 is 0 Å². The van der Waals surface area contributed by atoms with E-state index in [4.69, 9.17) is 0 Å². The summed E-state index contributed by atoms with van der Waals surface area (Å²) >= 11 is 0. The zero-order chi connectivity index (χ0) is 23.5. The standard InChI is InChI=1S/C32H58/c1-10-24(22(2)3)13-12-23(4)25-16-20-32(9)27-14-15-28-29(5,6)18-11-19-30(28,7)26(27)17-21-31(25,32)8/h22-28H,10-21H2,1-9H3. The van der Waals surface area contributed by atoms with E-state index in [1.165, 1.54) is 77.0 Å². The SMILES string of the molecule is CCC(CCC(C)C1CCC2(C)C3CCC4C(C)(C)CCCC4(C)C3CCC12C)C(C)C. The van der Waals surface area contributed by atoms with Crippen molar-refractivity contribution >= 4 is 0 Å². The first-order valence-corrected chi connectivity index (χ1v) is 14.9. The molecular weight excluding hydrogens is 384 g/mol. The minimum atomic E-state index is 0.568. The summed E-state index contributed by atoms with van der Waals surface area (Å²) in [6.45, 7) is 23.5. The van der Waals surface area contributed by atoms with Crippen LogP contribution in [0, 0.1) is 63.1 Å². The normalized spacial score (nSPS) is 47.4. The molecule has 0 aromatic carbocycles. The molecule has 0 aromatic rings. The maximum atomic E-state index is 2.79. The summed E-state index contributed by atoms with van der Waals surface area (Å²) in [6, 6.07) is 0. The van der Waals surface area contributed by atoms with E-state index in [1.54, 1.807) is 0 Å². The molecule has 4 saturated carbocycles. The number of rotatable bonds is 6. The van der Waals surface area contributed by atoms with E-state index in [0.29, 0.717) is 21.7 Å². The molecule has 9 unspecified atom stereocenters. The van der Waals surface area contributed by atoms with E-state index in [0.717, 1.165) is 41.4 Å². The summed E-state index contributed by atoms with van der Waals surface area (Å²) in [7, 11) is 0.